The van der Waals surface area contributed by atoms with Gasteiger partial charge in [-0.25, -0.2) is 8.78 Å². The average molecular weight is 288 g/mol. The van der Waals surface area contributed by atoms with Crippen LogP contribution in [-0.2, 0) is 13.0 Å². The summed E-state index contributed by atoms with van der Waals surface area (Å²) in [7, 11) is 0. The molecule has 0 aliphatic carbocycles. The second-order valence-electron chi connectivity index (χ2n) is 5.17. The molecule has 2 N–H and O–H groups in total. The lowest BCUT2D eigenvalue weighted by Crippen LogP contribution is -2.37. The minimum absolute atomic E-state index is 0.159. The molecule has 2 aromatic carbocycles. The lowest BCUT2D eigenvalue weighted by molar-refractivity contribution is 0.0726. The maximum absolute atomic E-state index is 13.2. The van der Waals surface area contributed by atoms with Crippen molar-refractivity contribution in [1.29, 1.82) is 0 Å². The fraction of sp³-hybridized carbons (Fsp3) is 0.188. The predicted octanol–water partition coefficient (Wildman–Crippen LogP) is 2.75. The Morgan fingerprint density at radius 2 is 1.81 bits per heavy atom. The number of rotatable bonds is 2. The summed E-state index contributed by atoms with van der Waals surface area (Å²) in [6.07, 6.45) is 0.707. The molecular weight excluding hydrogens is 274 g/mol. The quantitative estimate of drug-likeness (QED) is 0.864. The molecule has 1 heterocycles. The van der Waals surface area contributed by atoms with Gasteiger partial charge < -0.3 is 10.6 Å². The molecule has 0 unspecified atom stereocenters. The number of nitrogens with two attached hydrogens (primary N) is 1. The van der Waals surface area contributed by atoms with Crippen molar-refractivity contribution in [2.45, 2.75) is 13.0 Å². The molecule has 0 atom stereocenters. The van der Waals surface area contributed by atoms with Crippen LogP contribution in [0.15, 0.2) is 36.4 Å². The number of nitrogens with zero attached hydrogens (tertiary/aromatic N) is 1. The zero-order valence-electron chi connectivity index (χ0n) is 11.3. The fourth-order valence-electron chi connectivity index (χ4n) is 2.61. The zero-order chi connectivity index (χ0) is 15.0. The van der Waals surface area contributed by atoms with Crippen LogP contribution in [0.3, 0.4) is 0 Å². The van der Waals surface area contributed by atoms with Gasteiger partial charge >= 0.3 is 0 Å². The summed E-state index contributed by atoms with van der Waals surface area (Å²) in [5.74, 6) is -1.44. The molecule has 21 heavy (non-hydrogen) atoms. The van der Waals surface area contributed by atoms with E-state index in [0.717, 1.165) is 11.6 Å². The van der Waals surface area contributed by atoms with Gasteiger partial charge in [0.15, 0.2) is 0 Å². The number of halogens is 2. The summed E-state index contributed by atoms with van der Waals surface area (Å²) in [4.78, 5) is 14.0. The van der Waals surface area contributed by atoms with E-state index in [1.807, 2.05) is 6.07 Å². The minimum atomic E-state index is -0.640. The second-order valence-corrected chi connectivity index (χ2v) is 5.17. The van der Waals surface area contributed by atoms with E-state index < -0.39 is 11.6 Å². The van der Waals surface area contributed by atoms with E-state index in [-0.39, 0.29) is 12.5 Å². The number of anilines is 1. The number of carbonyl (C=O) groups is 1. The molecule has 108 valence electrons. The average Bonchev–Trinajstić information content (AvgIpc) is 2.41. The first-order chi connectivity index (χ1) is 10.0. The first kappa shape index (κ1) is 13.5. The van der Waals surface area contributed by atoms with E-state index in [1.54, 1.807) is 17.0 Å². The van der Waals surface area contributed by atoms with Crippen LogP contribution in [0.25, 0.3) is 0 Å². The van der Waals surface area contributed by atoms with Crippen molar-refractivity contribution in [2.75, 3.05) is 12.3 Å². The van der Waals surface area contributed by atoms with Crippen LogP contribution in [0.4, 0.5) is 14.5 Å². The van der Waals surface area contributed by atoms with Gasteiger partial charge in [0.25, 0.3) is 5.91 Å². The molecule has 1 amide bonds. The van der Waals surface area contributed by atoms with Crippen molar-refractivity contribution < 1.29 is 13.6 Å². The van der Waals surface area contributed by atoms with E-state index in [4.69, 9.17) is 5.73 Å². The summed E-state index contributed by atoms with van der Waals surface area (Å²) in [5.41, 5.74) is 8.20. The van der Waals surface area contributed by atoms with Crippen LogP contribution in [-0.4, -0.2) is 17.4 Å². The van der Waals surface area contributed by atoms with Crippen LogP contribution in [0.2, 0.25) is 0 Å². The van der Waals surface area contributed by atoms with Gasteiger partial charge in [-0.1, -0.05) is 6.07 Å². The number of nitrogen functional groups attached to an aromatic ring is 1. The third kappa shape index (κ3) is 2.72. The summed E-state index contributed by atoms with van der Waals surface area (Å²) in [5, 5.41) is 0. The Bertz CT molecular complexity index is 695. The first-order valence-corrected chi connectivity index (χ1v) is 6.65. The molecule has 1 aliphatic rings. The first-order valence-electron chi connectivity index (χ1n) is 6.65. The standard InChI is InChI=1S/C16H14F2N2O/c17-12-5-10(6-13(18)7-12)9-20-4-3-11-1-2-14(19)8-15(11)16(20)21/h1-2,5-8H,3-4,9,19H2. The molecule has 1 aliphatic heterocycles. The van der Waals surface area contributed by atoms with E-state index in [1.165, 1.54) is 12.1 Å². The van der Waals surface area contributed by atoms with Gasteiger partial charge in [0.1, 0.15) is 11.6 Å². The van der Waals surface area contributed by atoms with Gasteiger partial charge in [0, 0.05) is 30.4 Å². The van der Waals surface area contributed by atoms with Crippen LogP contribution in [0, 0.1) is 11.6 Å². The number of hydrogen-bond donors (Lipinski definition) is 1. The number of amides is 1. The van der Waals surface area contributed by atoms with Crippen molar-refractivity contribution in [3.63, 3.8) is 0 Å². The summed E-state index contributed by atoms with van der Waals surface area (Å²) in [6.45, 7) is 0.704. The van der Waals surface area contributed by atoms with E-state index in [9.17, 15) is 13.6 Å². The number of carbonyl (C=O) groups excluding carboxylic acids is 1. The SMILES string of the molecule is Nc1ccc2c(c1)C(=O)N(Cc1cc(F)cc(F)c1)CC2. The third-order valence-corrected chi connectivity index (χ3v) is 3.60. The maximum atomic E-state index is 13.2. The van der Waals surface area contributed by atoms with Gasteiger partial charge in [-0.05, 0) is 41.8 Å². The van der Waals surface area contributed by atoms with Crippen LogP contribution in [0.1, 0.15) is 21.5 Å². The lowest BCUT2D eigenvalue weighted by Gasteiger charge is -2.29. The summed E-state index contributed by atoms with van der Waals surface area (Å²) < 4.78 is 26.4. The van der Waals surface area contributed by atoms with Gasteiger partial charge in [0.2, 0.25) is 0 Å². The Hall–Kier alpha value is -2.43. The predicted molar refractivity (Wildman–Crippen MR) is 75.7 cm³/mol. The largest absolute Gasteiger partial charge is 0.399 e. The van der Waals surface area contributed by atoms with Crippen LogP contribution >= 0.6 is 0 Å². The van der Waals surface area contributed by atoms with Crippen molar-refractivity contribution in [1.82, 2.24) is 4.90 Å². The van der Waals surface area contributed by atoms with Gasteiger partial charge in [-0.3, -0.25) is 4.79 Å². The van der Waals surface area contributed by atoms with Crippen molar-refractivity contribution in [3.05, 3.63) is 64.7 Å². The van der Waals surface area contributed by atoms with Gasteiger partial charge in [-0.15, -0.1) is 0 Å². The van der Waals surface area contributed by atoms with Gasteiger partial charge in [-0.2, -0.15) is 0 Å². The topological polar surface area (TPSA) is 46.3 Å². The smallest absolute Gasteiger partial charge is 0.254 e. The Balaban J connectivity index is 1.86. The molecule has 0 aromatic heterocycles. The molecule has 3 nitrogen and oxygen atoms in total. The van der Waals surface area contributed by atoms with Crippen molar-refractivity contribution in [2.24, 2.45) is 0 Å². The monoisotopic (exact) mass is 288 g/mol. The molecule has 5 heteroatoms. The summed E-state index contributed by atoms with van der Waals surface area (Å²) in [6, 6.07) is 8.56. The highest BCUT2D eigenvalue weighted by atomic mass is 19.1. The molecule has 0 radical (unpaired) electrons. The van der Waals surface area contributed by atoms with Crippen LogP contribution in [0.5, 0.6) is 0 Å². The molecule has 3 rings (SSSR count). The van der Waals surface area contributed by atoms with E-state index in [0.29, 0.717) is 29.8 Å². The Morgan fingerprint density at radius 3 is 2.52 bits per heavy atom. The molecule has 0 fully saturated rings. The Kier molecular flexibility index (Phi) is 3.33. The normalized spacial score (nSPS) is 14.2. The van der Waals surface area contributed by atoms with Crippen molar-refractivity contribution in [3.8, 4) is 0 Å². The van der Waals surface area contributed by atoms with Crippen LogP contribution < -0.4 is 5.73 Å². The third-order valence-electron chi connectivity index (χ3n) is 3.60. The van der Waals surface area contributed by atoms with Crippen molar-refractivity contribution >= 4 is 11.6 Å². The highest BCUT2D eigenvalue weighted by Crippen LogP contribution is 2.23. The Labute approximate surface area is 121 Å². The molecule has 2 aromatic rings. The molecule has 0 bridgehead atoms. The van der Waals surface area contributed by atoms with E-state index in [2.05, 4.69) is 0 Å². The number of benzene rings is 2. The highest BCUT2D eigenvalue weighted by molar-refractivity contribution is 5.97. The molecular formula is C16H14F2N2O. The fourth-order valence-corrected chi connectivity index (χ4v) is 2.61. The second kappa shape index (κ2) is 5.16. The Morgan fingerprint density at radius 1 is 1.10 bits per heavy atom. The highest BCUT2D eigenvalue weighted by Gasteiger charge is 2.24. The number of fused-ring (bicyclic) bond motifs is 1. The zero-order valence-corrected chi connectivity index (χ0v) is 11.3. The number of hydrogen-bond acceptors (Lipinski definition) is 2. The molecule has 0 saturated heterocycles. The minimum Gasteiger partial charge on any atom is -0.399 e. The molecule has 0 saturated carbocycles. The lowest BCUT2D eigenvalue weighted by atomic mass is 9.98. The summed E-state index contributed by atoms with van der Waals surface area (Å²) >= 11 is 0. The van der Waals surface area contributed by atoms with E-state index >= 15 is 0 Å². The van der Waals surface area contributed by atoms with Gasteiger partial charge in [0.05, 0.1) is 0 Å². The maximum Gasteiger partial charge on any atom is 0.254 e. The molecule has 0 spiro atoms.